The van der Waals surface area contributed by atoms with Gasteiger partial charge in [0, 0.05) is 11.3 Å². The molecule has 0 fully saturated rings. The summed E-state index contributed by atoms with van der Waals surface area (Å²) in [6, 6.07) is 16.1. The second-order valence-electron chi connectivity index (χ2n) is 5.65. The first kappa shape index (κ1) is 18.7. The van der Waals surface area contributed by atoms with Gasteiger partial charge < -0.3 is 10.1 Å². The average molecular weight is 382 g/mol. The normalized spacial score (nSPS) is 11.6. The van der Waals surface area contributed by atoms with Gasteiger partial charge in [0.1, 0.15) is 5.75 Å². The molecule has 7 nitrogen and oxygen atoms in total. The molecule has 3 aromatic rings. The number of ether oxygens (including phenoxy) is 1. The zero-order valence-electron chi connectivity index (χ0n) is 14.8. The summed E-state index contributed by atoms with van der Waals surface area (Å²) in [5.74, 6) is 0.502. The first-order chi connectivity index (χ1) is 13.1. The molecule has 2 N–H and O–H groups in total. The van der Waals surface area contributed by atoms with Gasteiger partial charge in [-0.25, -0.2) is 0 Å². The third-order valence-electron chi connectivity index (χ3n) is 3.74. The van der Waals surface area contributed by atoms with Gasteiger partial charge in [-0.15, -0.1) is 10.2 Å². The summed E-state index contributed by atoms with van der Waals surface area (Å²) in [6.07, 6.45) is 0. The molecular formula is C19H18N4O3S. The summed E-state index contributed by atoms with van der Waals surface area (Å²) >= 11 is 1.13. The number of carbonyl (C=O) groups is 1. The number of nitrogens with one attached hydrogen (secondary N) is 2. The van der Waals surface area contributed by atoms with Crippen LogP contribution in [0.2, 0.25) is 0 Å². The molecule has 2 aromatic carbocycles. The Morgan fingerprint density at radius 1 is 1.11 bits per heavy atom. The summed E-state index contributed by atoms with van der Waals surface area (Å²) in [5, 5.41) is 10.7. The van der Waals surface area contributed by atoms with Gasteiger partial charge in [0.15, 0.2) is 10.9 Å². The number of carbonyl (C=O) groups excluding carboxylic acids is 1. The number of methoxy groups -OCH3 is 1. The monoisotopic (exact) mass is 382 g/mol. The van der Waals surface area contributed by atoms with Crippen LogP contribution >= 0.6 is 11.8 Å². The number of aromatic nitrogens is 3. The summed E-state index contributed by atoms with van der Waals surface area (Å²) < 4.78 is 5.09. The first-order valence-electron chi connectivity index (χ1n) is 8.21. The largest absolute Gasteiger partial charge is 0.497 e. The van der Waals surface area contributed by atoms with E-state index in [2.05, 4.69) is 20.5 Å². The molecule has 27 heavy (non-hydrogen) atoms. The van der Waals surface area contributed by atoms with Crippen LogP contribution in [-0.2, 0) is 4.79 Å². The Bertz CT molecular complexity index is 974. The van der Waals surface area contributed by atoms with Crippen LogP contribution in [0.3, 0.4) is 0 Å². The fourth-order valence-corrected chi connectivity index (χ4v) is 3.04. The van der Waals surface area contributed by atoms with Crippen molar-refractivity contribution in [1.29, 1.82) is 0 Å². The molecule has 0 aliphatic rings. The quantitative estimate of drug-likeness (QED) is 0.636. The number of anilines is 1. The molecule has 8 heteroatoms. The highest BCUT2D eigenvalue weighted by atomic mass is 32.2. The molecule has 1 atom stereocenters. The van der Waals surface area contributed by atoms with Crippen LogP contribution in [0, 0.1) is 0 Å². The Hall–Kier alpha value is -3.13. The van der Waals surface area contributed by atoms with Gasteiger partial charge in [0.2, 0.25) is 5.91 Å². The molecule has 1 amide bonds. The van der Waals surface area contributed by atoms with E-state index in [9.17, 15) is 9.59 Å². The molecule has 3 rings (SSSR count). The van der Waals surface area contributed by atoms with Crippen LogP contribution in [0.15, 0.2) is 64.5 Å². The number of aromatic amines is 1. The molecule has 0 aliphatic carbocycles. The van der Waals surface area contributed by atoms with E-state index in [0.717, 1.165) is 11.8 Å². The minimum atomic E-state index is -0.473. The Kier molecular flexibility index (Phi) is 5.87. The highest BCUT2D eigenvalue weighted by Crippen LogP contribution is 2.21. The Morgan fingerprint density at radius 3 is 2.44 bits per heavy atom. The van der Waals surface area contributed by atoms with Crippen molar-refractivity contribution >= 4 is 23.4 Å². The lowest BCUT2D eigenvalue weighted by Gasteiger charge is -2.11. The lowest BCUT2D eigenvalue weighted by molar-refractivity contribution is -0.115. The van der Waals surface area contributed by atoms with Crippen LogP contribution in [0.5, 0.6) is 5.75 Å². The van der Waals surface area contributed by atoms with E-state index in [1.54, 1.807) is 50.4 Å². The zero-order valence-corrected chi connectivity index (χ0v) is 15.6. The SMILES string of the molecule is COc1ccc(NC(=O)C(C)Sc2nnc(-c3ccccc3)c(=O)[nH]2)cc1. The number of hydrogen-bond acceptors (Lipinski definition) is 6. The minimum Gasteiger partial charge on any atom is -0.497 e. The maximum absolute atomic E-state index is 12.3. The highest BCUT2D eigenvalue weighted by Gasteiger charge is 2.17. The van der Waals surface area contributed by atoms with Crippen molar-refractivity contribution in [3.63, 3.8) is 0 Å². The summed E-state index contributed by atoms with van der Waals surface area (Å²) in [6.45, 7) is 1.73. The van der Waals surface area contributed by atoms with Crippen LogP contribution in [-0.4, -0.2) is 33.4 Å². The van der Waals surface area contributed by atoms with E-state index in [0.29, 0.717) is 17.0 Å². The molecule has 0 saturated heterocycles. The van der Waals surface area contributed by atoms with Crippen LogP contribution in [0.25, 0.3) is 11.3 Å². The molecule has 0 aliphatic heterocycles. The van der Waals surface area contributed by atoms with Gasteiger partial charge in [-0.3, -0.25) is 14.6 Å². The Balaban J connectivity index is 1.66. The van der Waals surface area contributed by atoms with E-state index in [1.165, 1.54) is 0 Å². The summed E-state index contributed by atoms with van der Waals surface area (Å²) in [4.78, 5) is 27.3. The average Bonchev–Trinajstić information content (AvgIpc) is 2.69. The molecule has 0 spiro atoms. The lowest BCUT2D eigenvalue weighted by Crippen LogP contribution is -2.23. The molecule has 138 valence electrons. The van der Waals surface area contributed by atoms with Crippen LogP contribution < -0.4 is 15.6 Å². The molecule has 0 bridgehead atoms. The van der Waals surface area contributed by atoms with Crippen molar-refractivity contribution in [3.05, 3.63) is 65.0 Å². The van der Waals surface area contributed by atoms with E-state index in [1.807, 2.05) is 18.2 Å². The zero-order chi connectivity index (χ0) is 19.2. The minimum absolute atomic E-state index is 0.208. The number of nitrogens with zero attached hydrogens (tertiary/aromatic N) is 2. The standard InChI is InChI=1S/C19H18N4O3S/c1-12(17(24)20-14-8-10-15(26-2)11-9-14)27-19-21-18(25)16(22-23-19)13-6-4-3-5-7-13/h3-12H,1-2H3,(H,20,24)(H,21,23,25). The maximum Gasteiger partial charge on any atom is 0.278 e. The predicted octanol–water partition coefficient (Wildman–Crippen LogP) is 2.96. The topological polar surface area (TPSA) is 97.0 Å². The second-order valence-corrected chi connectivity index (χ2v) is 6.98. The van der Waals surface area contributed by atoms with Crippen molar-refractivity contribution < 1.29 is 9.53 Å². The van der Waals surface area contributed by atoms with Gasteiger partial charge in [0.05, 0.1) is 12.4 Å². The van der Waals surface area contributed by atoms with Gasteiger partial charge in [-0.05, 0) is 31.2 Å². The van der Waals surface area contributed by atoms with Crippen LogP contribution in [0.1, 0.15) is 6.92 Å². The third kappa shape index (κ3) is 4.73. The van der Waals surface area contributed by atoms with E-state index in [-0.39, 0.29) is 22.3 Å². The number of thioether (sulfide) groups is 1. The van der Waals surface area contributed by atoms with Gasteiger partial charge in [-0.2, -0.15) is 0 Å². The Labute approximate surface area is 160 Å². The van der Waals surface area contributed by atoms with Gasteiger partial charge in [-0.1, -0.05) is 42.1 Å². The maximum atomic E-state index is 12.3. The van der Waals surface area contributed by atoms with E-state index >= 15 is 0 Å². The van der Waals surface area contributed by atoms with Crippen molar-refractivity contribution in [1.82, 2.24) is 15.2 Å². The van der Waals surface area contributed by atoms with Crippen LogP contribution in [0.4, 0.5) is 5.69 Å². The number of hydrogen-bond donors (Lipinski definition) is 2. The fraction of sp³-hybridized carbons (Fsp3) is 0.158. The second kappa shape index (κ2) is 8.50. The Morgan fingerprint density at radius 2 is 1.81 bits per heavy atom. The highest BCUT2D eigenvalue weighted by molar-refractivity contribution is 8.00. The first-order valence-corrected chi connectivity index (χ1v) is 9.09. The smallest absolute Gasteiger partial charge is 0.278 e. The van der Waals surface area contributed by atoms with E-state index < -0.39 is 5.25 Å². The molecule has 0 radical (unpaired) electrons. The fourth-order valence-electron chi connectivity index (χ4n) is 2.30. The molecule has 1 unspecified atom stereocenters. The molecule has 1 heterocycles. The molecule has 0 saturated carbocycles. The number of H-pyrrole nitrogens is 1. The number of benzene rings is 2. The summed E-state index contributed by atoms with van der Waals surface area (Å²) in [7, 11) is 1.58. The van der Waals surface area contributed by atoms with Gasteiger partial charge >= 0.3 is 0 Å². The van der Waals surface area contributed by atoms with Crippen molar-refractivity contribution in [2.75, 3.05) is 12.4 Å². The van der Waals surface area contributed by atoms with Crippen molar-refractivity contribution in [2.24, 2.45) is 0 Å². The van der Waals surface area contributed by atoms with Crippen molar-refractivity contribution in [2.45, 2.75) is 17.3 Å². The number of amides is 1. The summed E-state index contributed by atoms with van der Waals surface area (Å²) in [5.41, 5.74) is 1.25. The third-order valence-corrected chi connectivity index (χ3v) is 4.71. The molecule has 1 aromatic heterocycles. The van der Waals surface area contributed by atoms with E-state index in [4.69, 9.17) is 4.74 Å². The number of rotatable bonds is 6. The lowest BCUT2D eigenvalue weighted by atomic mass is 10.2. The molecular weight excluding hydrogens is 364 g/mol. The van der Waals surface area contributed by atoms with Crippen molar-refractivity contribution in [3.8, 4) is 17.0 Å². The predicted molar refractivity (Wildman–Crippen MR) is 105 cm³/mol. The van der Waals surface area contributed by atoms with Gasteiger partial charge in [0.25, 0.3) is 5.56 Å².